The second kappa shape index (κ2) is 4.37. The van der Waals surface area contributed by atoms with Crippen LogP contribution in [0.3, 0.4) is 0 Å². The predicted octanol–water partition coefficient (Wildman–Crippen LogP) is 3.14. The van der Waals surface area contributed by atoms with Gasteiger partial charge in [0.1, 0.15) is 0 Å². The Morgan fingerprint density at radius 1 is 1.43 bits per heavy atom. The lowest BCUT2D eigenvalue weighted by Crippen LogP contribution is -2.16. The van der Waals surface area contributed by atoms with Gasteiger partial charge in [-0.15, -0.1) is 11.8 Å². The highest BCUT2D eigenvalue weighted by atomic mass is 32.2. The molecule has 1 N–H and O–H groups in total. The van der Waals surface area contributed by atoms with Crippen molar-refractivity contribution in [3.63, 3.8) is 0 Å². The van der Waals surface area contributed by atoms with E-state index in [1.54, 1.807) is 0 Å². The van der Waals surface area contributed by atoms with Gasteiger partial charge < -0.3 is 5.32 Å². The summed E-state index contributed by atoms with van der Waals surface area (Å²) in [5, 5.41) is 3.41. The summed E-state index contributed by atoms with van der Waals surface area (Å²) in [6.45, 7) is 2.21. The van der Waals surface area contributed by atoms with E-state index in [0.29, 0.717) is 6.04 Å². The maximum atomic E-state index is 3.41. The van der Waals surface area contributed by atoms with E-state index in [0.717, 1.165) is 0 Å². The van der Waals surface area contributed by atoms with Crippen LogP contribution in [0.15, 0.2) is 23.1 Å². The fourth-order valence-corrected chi connectivity index (χ4v) is 3.25. The number of fused-ring (bicyclic) bond motifs is 1. The smallest absolute Gasteiger partial charge is 0.0329 e. The summed E-state index contributed by atoms with van der Waals surface area (Å²) in [4.78, 5) is 1.50. The van der Waals surface area contributed by atoms with E-state index in [1.807, 2.05) is 11.8 Å². The molecule has 1 heterocycles. The minimum absolute atomic E-state index is 0.555. The van der Waals surface area contributed by atoms with E-state index in [9.17, 15) is 0 Å². The lowest BCUT2D eigenvalue weighted by atomic mass is 10.0. The lowest BCUT2D eigenvalue weighted by molar-refractivity contribution is 0.540. The molecule has 0 aromatic heterocycles. The Morgan fingerprint density at radius 2 is 2.29 bits per heavy atom. The van der Waals surface area contributed by atoms with Crippen molar-refractivity contribution in [1.29, 1.82) is 0 Å². The van der Waals surface area contributed by atoms with Crippen molar-refractivity contribution in [1.82, 2.24) is 5.32 Å². The first-order chi connectivity index (χ1) is 6.83. The van der Waals surface area contributed by atoms with Crippen LogP contribution in [0, 0.1) is 6.92 Å². The number of hydrogen-bond acceptors (Lipinski definition) is 2. The third-order valence-corrected chi connectivity index (χ3v) is 4.19. The average Bonchev–Trinajstić information content (AvgIpc) is 2.40. The molecule has 0 aliphatic carbocycles. The molecule has 0 saturated carbocycles. The van der Waals surface area contributed by atoms with Crippen LogP contribution in [0.2, 0.25) is 0 Å². The van der Waals surface area contributed by atoms with Gasteiger partial charge >= 0.3 is 0 Å². The van der Waals surface area contributed by atoms with Gasteiger partial charge in [-0.2, -0.15) is 0 Å². The SMILES string of the molecule is CNC1CCCSc2c(C)cccc21. The van der Waals surface area contributed by atoms with Crippen molar-refractivity contribution in [3.8, 4) is 0 Å². The molecule has 1 atom stereocenters. The van der Waals surface area contributed by atoms with E-state index in [-0.39, 0.29) is 0 Å². The van der Waals surface area contributed by atoms with Crippen molar-refractivity contribution in [3.05, 3.63) is 29.3 Å². The van der Waals surface area contributed by atoms with Gasteiger partial charge in [-0.05, 0) is 43.7 Å². The van der Waals surface area contributed by atoms with Crippen LogP contribution in [-0.4, -0.2) is 12.8 Å². The molecule has 0 amide bonds. The third kappa shape index (κ3) is 1.82. The molecule has 0 saturated heterocycles. The van der Waals surface area contributed by atoms with Gasteiger partial charge in [0.15, 0.2) is 0 Å². The largest absolute Gasteiger partial charge is 0.313 e. The van der Waals surface area contributed by atoms with E-state index in [1.165, 1.54) is 34.6 Å². The fraction of sp³-hybridized carbons (Fsp3) is 0.500. The lowest BCUT2D eigenvalue weighted by Gasteiger charge is -2.17. The van der Waals surface area contributed by atoms with Crippen LogP contribution in [0.4, 0.5) is 0 Å². The van der Waals surface area contributed by atoms with E-state index >= 15 is 0 Å². The Labute approximate surface area is 90.3 Å². The van der Waals surface area contributed by atoms with Crippen molar-refractivity contribution in [2.24, 2.45) is 0 Å². The predicted molar refractivity (Wildman–Crippen MR) is 62.9 cm³/mol. The molecule has 1 aliphatic rings. The molecular weight excluding hydrogens is 190 g/mol. The maximum absolute atomic E-state index is 3.41. The third-order valence-electron chi connectivity index (χ3n) is 2.85. The van der Waals surface area contributed by atoms with Gasteiger partial charge in [0.2, 0.25) is 0 Å². The highest BCUT2D eigenvalue weighted by Crippen LogP contribution is 2.36. The van der Waals surface area contributed by atoms with Crippen molar-refractivity contribution in [2.75, 3.05) is 12.8 Å². The zero-order valence-electron chi connectivity index (χ0n) is 8.84. The molecule has 2 rings (SSSR count). The number of hydrogen-bond donors (Lipinski definition) is 1. The summed E-state index contributed by atoms with van der Waals surface area (Å²) < 4.78 is 0. The molecule has 1 aromatic carbocycles. The van der Waals surface area contributed by atoms with Crippen LogP contribution < -0.4 is 5.32 Å². The number of rotatable bonds is 1. The van der Waals surface area contributed by atoms with Crippen molar-refractivity contribution in [2.45, 2.75) is 30.7 Å². The Bertz CT molecular complexity index is 322. The van der Waals surface area contributed by atoms with Crippen molar-refractivity contribution < 1.29 is 0 Å². The standard InChI is InChI=1S/C12H17NS/c1-9-5-3-6-10-11(13-2)7-4-8-14-12(9)10/h3,5-6,11,13H,4,7-8H2,1-2H3. The summed E-state index contributed by atoms with van der Waals surface area (Å²) in [7, 11) is 2.06. The number of benzene rings is 1. The van der Waals surface area contributed by atoms with Crippen LogP contribution >= 0.6 is 11.8 Å². The van der Waals surface area contributed by atoms with Gasteiger partial charge in [-0.1, -0.05) is 18.2 Å². The van der Waals surface area contributed by atoms with Gasteiger partial charge in [0, 0.05) is 10.9 Å². The summed E-state index contributed by atoms with van der Waals surface area (Å²) in [5.74, 6) is 1.26. The van der Waals surface area contributed by atoms with Crippen molar-refractivity contribution >= 4 is 11.8 Å². The molecule has 0 bridgehead atoms. The van der Waals surface area contributed by atoms with Crippen LogP contribution in [0.5, 0.6) is 0 Å². The monoisotopic (exact) mass is 207 g/mol. The Balaban J connectivity index is 2.44. The number of aryl methyl sites for hydroxylation is 1. The van der Waals surface area contributed by atoms with Crippen LogP contribution in [0.25, 0.3) is 0 Å². The maximum Gasteiger partial charge on any atom is 0.0329 e. The topological polar surface area (TPSA) is 12.0 Å². The normalized spacial score (nSPS) is 21.4. The molecule has 1 aliphatic heterocycles. The molecule has 1 aromatic rings. The quantitative estimate of drug-likeness (QED) is 0.759. The fourth-order valence-electron chi connectivity index (χ4n) is 2.06. The summed E-state index contributed by atoms with van der Waals surface area (Å²) in [6.07, 6.45) is 2.57. The summed E-state index contributed by atoms with van der Waals surface area (Å²) in [5.41, 5.74) is 2.92. The molecule has 2 heteroatoms. The average molecular weight is 207 g/mol. The molecular formula is C12H17NS. The zero-order valence-corrected chi connectivity index (χ0v) is 9.66. The Hall–Kier alpha value is -0.470. The van der Waals surface area contributed by atoms with Gasteiger partial charge in [0.25, 0.3) is 0 Å². The molecule has 1 unspecified atom stereocenters. The zero-order chi connectivity index (χ0) is 9.97. The minimum Gasteiger partial charge on any atom is -0.313 e. The molecule has 14 heavy (non-hydrogen) atoms. The van der Waals surface area contributed by atoms with Gasteiger partial charge in [-0.25, -0.2) is 0 Å². The van der Waals surface area contributed by atoms with Gasteiger partial charge in [0.05, 0.1) is 0 Å². The number of nitrogens with one attached hydrogen (secondary N) is 1. The second-order valence-electron chi connectivity index (χ2n) is 3.83. The first-order valence-electron chi connectivity index (χ1n) is 5.22. The molecule has 0 spiro atoms. The second-order valence-corrected chi connectivity index (χ2v) is 4.93. The Kier molecular flexibility index (Phi) is 3.14. The van der Waals surface area contributed by atoms with E-state index in [2.05, 4.69) is 37.5 Å². The van der Waals surface area contributed by atoms with Gasteiger partial charge in [-0.3, -0.25) is 0 Å². The minimum atomic E-state index is 0.555. The highest BCUT2D eigenvalue weighted by Gasteiger charge is 2.18. The highest BCUT2D eigenvalue weighted by molar-refractivity contribution is 7.99. The first kappa shape index (κ1) is 10.1. The summed E-state index contributed by atoms with van der Waals surface area (Å²) in [6, 6.07) is 7.20. The number of thioether (sulfide) groups is 1. The molecule has 0 fully saturated rings. The Morgan fingerprint density at radius 3 is 3.07 bits per heavy atom. The molecule has 76 valence electrons. The molecule has 1 nitrogen and oxygen atoms in total. The van der Waals surface area contributed by atoms with E-state index < -0.39 is 0 Å². The summed E-state index contributed by atoms with van der Waals surface area (Å²) >= 11 is 2.02. The first-order valence-corrected chi connectivity index (χ1v) is 6.21. The van der Waals surface area contributed by atoms with Crippen LogP contribution in [-0.2, 0) is 0 Å². The van der Waals surface area contributed by atoms with E-state index in [4.69, 9.17) is 0 Å². The van der Waals surface area contributed by atoms with Crippen LogP contribution in [0.1, 0.15) is 30.0 Å². The molecule has 0 radical (unpaired) electrons.